The summed E-state index contributed by atoms with van der Waals surface area (Å²) >= 11 is 0. The van der Waals surface area contributed by atoms with Gasteiger partial charge in [0.05, 0.1) is 0 Å². The molecule has 0 radical (unpaired) electrons. The van der Waals surface area contributed by atoms with Gasteiger partial charge < -0.3 is 10.6 Å². The molecule has 1 aliphatic heterocycles. The second kappa shape index (κ2) is 5.06. The molecule has 3 rings (SSSR count). The minimum atomic E-state index is 0.0763. The lowest BCUT2D eigenvalue weighted by Gasteiger charge is -2.24. The Morgan fingerprint density at radius 2 is 1.84 bits per heavy atom. The van der Waals surface area contributed by atoms with Crippen LogP contribution >= 0.6 is 0 Å². The molecule has 2 heteroatoms. The van der Waals surface area contributed by atoms with Crippen LogP contribution in [-0.4, -0.2) is 13.1 Å². The summed E-state index contributed by atoms with van der Waals surface area (Å²) in [7, 11) is 0. The lowest BCUT2D eigenvalue weighted by Crippen LogP contribution is -2.31. The van der Waals surface area contributed by atoms with Gasteiger partial charge in [0.1, 0.15) is 0 Å². The quantitative estimate of drug-likeness (QED) is 0.909. The summed E-state index contributed by atoms with van der Waals surface area (Å²) in [5.74, 6) is 0. The highest BCUT2D eigenvalue weighted by atomic mass is 15.2. The summed E-state index contributed by atoms with van der Waals surface area (Å²) < 4.78 is 0. The molecule has 1 atom stereocenters. The third kappa shape index (κ3) is 2.36. The Labute approximate surface area is 114 Å². The van der Waals surface area contributed by atoms with Crippen LogP contribution in [0.4, 0.5) is 5.69 Å². The first kappa shape index (κ1) is 12.2. The number of rotatable bonds is 3. The number of hydrogen-bond acceptors (Lipinski definition) is 2. The maximum absolute atomic E-state index is 6.39. The zero-order valence-corrected chi connectivity index (χ0v) is 11.3. The SMILES string of the molecule is Cc1ccccc1C(N)CN1CCc2ccccc21. The highest BCUT2D eigenvalue weighted by molar-refractivity contribution is 5.58. The van der Waals surface area contributed by atoms with Gasteiger partial charge in [-0.2, -0.15) is 0 Å². The minimum absolute atomic E-state index is 0.0763. The van der Waals surface area contributed by atoms with Gasteiger partial charge in [-0.25, -0.2) is 0 Å². The monoisotopic (exact) mass is 252 g/mol. The van der Waals surface area contributed by atoms with Crippen molar-refractivity contribution in [2.24, 2.45) is 5.73 Å². The topological polar surface area (TPSA) is 29.3 Å². The van der Waals surface area contributed by atoms with Gasteiger partial charge in [0, 0.05) is 24.8 Å². The van der Waals surface area contributed by atoms with Crippen molar-refractivity contribution >= 4 is 5.69 Å². The van der Waals surface area contributed by atoms with Crippen LogP contribution in [0.2, 0.25) is 0 Å². The fourth-order valence-electron chi connectivity index (χ4n) is 2.93. The van der Waals surface area contributed by atoms with Crippen molar-refractivity contribution in [3.8, 4) is 0 Å². The third-order valence-electron chi connectivity index (χ3n) is 3.99. The predicted molar refractivity (Wildman–Crippen MR) is 80.5 cm³/mol. The number of hydrogen-bond donors (Lipinski definition) is 1. The van der Waals surface area contributed by atoms with Crippen LogP contribution in [0.15, 0.2) is 48.5 Å². The molecule has 2 nitrogen and oxygen atoms in total. The molecule has 1 heterocycles. The van der Waals surface area contributed by atoms with Crippen molar-refractivity contribution in [2.75, 3.05) is 18.0 Å². The Balaban J connectivity index is 1.78. The molecule has 0 saturated heterocycles. The van der Waals surface area contributed by atoms with E-state index in [9.17, 15) is 0 Å². The molecule has 0 bridgehead atoms. The Kier molecular flexibility index (Phi) is 3.26. The number of para-hydroxylation sites is 1. The molecule has 1 aliphatic rings. The number of anilines is 1. The largest absolute Gasteiger partial charge is 0.369 e. The Morgan fingerprint density at radius 1 is 1.11 bits per heavy atom. The maximum Gasteiger partial charge on any atom is 0.0475 e. The Hall–Kier alpha value is -1.80. The molecule has 1 unspecified atom stereocenters. The van der Waals surface area contributed by atoms with E-state index in [4.69, 9.17) is 5.73 Å². The van der Waals surface area contributed by atoms with Crippen molar-refractivity contribution in [1.82, 2.24) is 0 Å². The fourth-order valence-corrected chi connectivity index (χ4v) is 2.93. The number of benzene rings is 2. The van der Waals surface area contributed by atoms with E-state index < -0.39 is 0 Å². The van der Waals surface area contributed by atoms with E-state index in [1.165, 1.54) is 22.4 Å². The first-order chi connectivity index (χ1) is 9.25. The van der Waals surface area contributed by atoms with Crippen molar-refractivity contribution in [2.45, 2.75) is 19.4 Å². The summed E-state index contributed by atoms with van der Waals surface area (Å²) in [5.41, 5.74) is 11.7. The highest BCUT2D eigenvalue weighted by Gasteiger charge is 2.21. The first-order valence-electron chi connectivity index (χ1n) is 6.89. The van der Waals surface area contributed by atoms with E-state index >= 15 is 0 Å². The van der Waals surface area contributed by atoms with Crippen LogP contribution in [0.1, 0.15) is 22.7 Å². The summed E-state index contributed by atoms with van der Waals surface area (Å²) in [6.45, 7) is 4.11. The van der Waals surface area contributed by atoms with Gasteiger partial charge in [-0.15, -0.1) is 0 Å². The summed E-state index contributed by atoms with van der Waals surface area (Å²) in [6.07, 6.45) is 1.14. The molecule has 0 fully saturated rings. The Bertz CT molecular complexity index is 577. The molecule has 2 N–H and O–H groups in total. The zero-order valence-electron chi connectivity index (χ0n) is 11.3. The first-order valence-corrected chi connectivity index (χ1v) is 6.89. The molecular weight excluding hydrogens is 232 g/mol. The van der Waals surface area contributed by atoms with Crippen molar-refractivity contribution < 1.29 is 0 Å². The molecule has 0 aromatic heterocycles. The zero-order chi connectivity index (χ0) is 13.2. The molecule has 0 amide bonds. The van der Waals surface area contributed by atoms with Crippen LogP contribution < -0.4 is 10.6 Å². The van der Waals surface area contributed by atoms with Gasteiger partial charge in [0.15, 0.2) is 0 Å². The van der Waals surface area contributed by atoms with Crippen LogP contribution in [0.3, 0.4) is 0 Å². The van der Waals surface area contributed by atoms with E-state index in [0.717, 1.165) is 19.5 Å². The van der Waals surface area contributed by atoms with Gasteiger partial charge in [-0.3, -0.25) is 0 Å². The molecular formula is C17H20N2. The fraction of sp³-hybridized carbons (Fsp3) is 0.294. The molecule has 0 spiro atoms. The van der Waals surface area contributed by atoms with Crippen LogP contribution in [0.5, 0.6) is 0 Å². The summed E-state index contributed by atoms with van der Waals surface area (Å²) in [6, 6.07) is 17.1. The number of aryl methyl sites for hydroxylation is 1. The predicted octanol–water partition coefficient (Wildman–Crippen LogP) is 3.06. The summed E-state index contributed by atoms with van der Waals surface area (Å²) in [5, 5.41) is 0. The van der Waals surface area contributed by atoms with Gasteiger partial charge >= 0.3 is 0 Å². The third-order valence-corrected chi connectivity index (χ3v) is 3.99. The van der Waals surface area contributed by atoms with Crippen molar-refractivity contribution in [1.29, 1.82) is 0 Å². The number of nitrogens with two attached hydrogens (primary N) is 1. The van der Waals surface area contributed by atoms with Gasteiger partial charge in [-0.05, 0) is 36.1 Å². The van der Waals surface area contributed by atoms with Crippen LogP contribution in [-0.2, 0) is 6.42 Å². The standard InChI is InChI=1S/C17H20N2/c1-13-6-2-4-8-15(13)16(18)12-19-11-10-14-7-3-5-9-17(14)19/h2-9,16H,10-12,18H2,1H3. The molecule has 2 aromatic carbocycles. The lowest BCUT2D eigenvalue weighted by atomic mass is 10.0. The average molecular weight is 252 g/mol. The van der Waals surface area contributed by atoms with Gasteiger partial charge in [-0.1, -0.05) is 42.5 Å². The van der Waals surface area contributed by atoms with Gasteiger partial charge in [0.25, 0.3) is 0 Å². The van der Waals surface area contributed by atoms with E-state index in [0.29, 0.717) is 0 Å². The van der Waals surface area contributed by atoms with Gasteiger partial charge in [0.2, 0.25) is 0 Å². The Morgan fingerprint density at radius 3 is 2.68 bits per heavy atom. The summed E-state index contributed by atoms with van der Waals surface area (Å²) in [4.78, 5) is 2.41. The van der Waals surface area contributed by atoms with E-state index in [-0.39, 0.29) is 6.04 Å². The second-order valence-electron chi connectivity index (χ2n) is 5.29. The lowest BCUT2D eigenvalue weighted by molar-refractivity contribution is 0.677. The number of fused-ring (bicyclic) bond motifs is 1. The van der Waals surface area contributed by atoms with Crippen LogP contribution in [0, 0.1) is 6.92 Å². The van der Waals surface area contributed by atoms with E-state index in [2.05, 4.69) is 60.4 Å². The minimum Gasteiger partial charge on any atom is -0.369 e. The van der Waals surface area contributed by atoms with E-state index in [1.54, 1.807) is 0 Å². The number of nitrogens with zero attached hydrogens (tertiary/aromatic N) is 1. The highest BCUT2D eigenvalue weighted by Crippen LogP contribution is 2.29. The maximum atomic E-state index is 6.39. The molecule has 2 aromatic rings. The second-order valence-corrected chi connectivity index (χ2v) is 5.29. The molecule has 0 saturated carbocycles. The van der Waals surface area contributed by atoms with Crippen molar-refractivity contribution in [3.05, 3.63) is 65.2 Å². The van der Waals surface area contributed by atoms with Crippen LogP contribution in [0.25, 0.3) is 0 Å². The smallest absolute Gasteiger partial charge is 0.0475 e. The molecule has 19 heavy (non-hydrogen) atoms. The molecule has 0 aliphatic carbocycles. The van der Waals surface area contributed by atoms with E-state index in [1.807, 2.05) is 0 Å². The normalized spacial score (nSPS) is 15.4. The molecule has 98 valence electrons. The van der Waals surface area contributed by atoms with Crippen molar-refractivity contribution in [3.63, 3.8) is 0 Å². The average Bonchev–Trinajstić information content (AvgIpc) is 2.83.